The Balaban J connectivity index is 2.06. The Hall–Kier alpha value is -3.93. The van der Waals surface area contributed by atoms with Crippen LogP contribution in [0, 0.1) is 17.5 Å². The van der Waals surface area contributed by atoms with Crippen molar-refractivity contribution in [2.45, 2.75) is 12.5 Å². The number of benzene rings is 1. The van der Waals surface area contributed by atoms with E-state index in [1.54, 1.807) is 4.90 Å². The first-order valence-corrected chi connectivity index (χ1v) is 9.40. The number of anilines is 2. The standard InChI is InChI=1S/C20H16F3N5O4/c21-12-4-13(22)16(5-15(12)25-8-29)28-7-11(20(31)32)17(30)10-3-14(23)19(26-18(10)28)27-2-1-9(24)6-27/h3-5,7-9H,1-2,6,24H2,(H,25,29)(H,31,32)/t9-/m0/s1. The summed E-state index contributed by atoms with van der Waals surface area (Å²) >= 11 is 0. The first-order valence-electron chi connectivity index (χ1n) is 9.40. The largest absolute Gasteiger partial charge is 0.477 e. The van der Waals surface area contributed by atoms with Crippen LogP contribution in [0.2, 0.25) is 0 Å². The number of amides is 1. The van der Waals surface area contributed by atoms with E-state index in [0.717, 1.165) is 22.9 Å². The first-order chi connectivity index (χ1) is 15.2. The number of hydrogen-bond acceptors (Lipinski definition) is 6. The molecule has 3 heterocycles. The molecule has 1 saturated heterocycles. The van der Waals surface area contributed by atoms with Crippen molar-refractivity contribution in [3.05, 3.63) is 57.6 Å². The number of nitrogens with zero attached hydrogens (tertiary/aromatic N) is 3. The van der Waals surface area contributed by atoms with Gasteiger partial charge in [-0.05, 0) is 18.6 Å². The summed E-state index contributed by atoms with van der Waals surface area (Å²) in [6.45, 7) is 0.692. The van der Waals surface area contributed by atoms with Crippen LogP contribution in [0.3, 0.4) is 0 Å². The molecule has 0 bridgehead atoms. The van der Waals surface area contributed by atoms with Crippen LogP contribution < -0.4 is 21.4 Å². The number of rotatable bonds is 5. The van der Waals surface area contributed by atoms with Crippen LogP contribution in [-0.4, -0.2) is 46.2 Å². The number of aromatic carboxylic acids is 1. The Morgan fingerprint density at radius 1 is 1.22 bits per heavy atom. The van der Waals surface area contributed by atoms with Crippen LogP contribution in [0.25, 0.3) is 16.7 Å². The summed E-state index contributed by atoms with van der Waals surface area (Å²) in [7, 11) is 0. The van der Waals surface area contributed by atoms with E-state index < -0.39 is 51.2 Å². The summed E-state index contributed by atoms with van der Waals surface area (Å²) < 4.78 is 44.4. The van der Waals surface area contributed by atoms with E-state index in [1.807, 2.05) is 0 Å². The second-order valence-corrected chi connectivity index (χ2v) is 7.25. The number of carbonyl (C=O) groups is 2. The maximum absolute atomic E-state index is 14.8. The van der Waals surface area contributed by atoms with Gasteiger partial charge < -0.3 is 21.1 Å². The molecule has 4 rings (SSSR count). The fourth-order valence-electron chi connectivity index (χ4n) is 3.65. The molecule has 0 saturated carbocycles. The number of hydrogen-bond donors (Lipinski definition) is 3. The Bertz CT molecular complexity index is 1330. The van der Waals surface area contributed by atoms with Crippen LogP contribution in [-0.2, 0) is 4.79 Å². The maximum atomic E-state index is 14.8. The molecule has 9 nitrogen and oxygen atoms in total. The average Bonchev–Trinajstić information content (AvgIpc) is 3.16. The van der Waals surface area contributed by atoms with Crippen LogP contribution in [0.5, 0.6) is 0 Å². The van der Waals surface area contributed by atoms with E-state index in [2.05, 4.69) is 10.3 Å². The number of nitrogens with one attached hydrogen (secondary N) is 1. The van der Waals surface area contributed by atoms with Gasteiger partial charge >= 0.3 is 5.97 Å². The number of carbonyl (C=O) groups excluding carboxylic acids is 1. The van der Waals surface area contributed by atoms with E-state index in [4.69, 9.17) is 5.73 Å². The SMILES string of the molecule is N[C@H]1CCN(c2nc3c(cc2F)c(=O)c(C(=O)O)cn3-c2cc(NC=O)c(F)cc2F)C1. The molecule has 0 spiro atoms. The number of fused-ring (bicyclic) bond motifs is 1. The molecule has 12 heteroatoms. The predicted octanol–water partition coefficient (Wildman–Crippen LogP) is 1.61. The highest BCUT2D eigenvalue weighted by Crippen LogP contribution is 2.28. The van der Waals surface area contributed by atoms with Gasteiger partial charge in [0.05, 0.1) is 16.8 Å². The van der Waals surface area contributed by atoms with Crippen molar-refractivity contribution in [2.75, 3.05) is 23.3 Å². The van der Waals surface area contributed by atoms with Gasteiger partial charge in [0.15, 0.2) is 17.3 Å². The summed E-state index contributed by atoms with van der Waals surface area (Å²) in [5.41, 5.74) is 3.02. The lowest BCUT2D eigenvalue weighted by Gasteiger charge is -2.20. The van der Waals surface area contributed by atoms with Crippen LogP contribution in [0.4, 0.5) is 24.7 Å². The molecule has 3 aromatic rings. The lowest BCUT2D eigenvalue weighted by molar-refractivity contribution is -0.105. The second-order valence-electron chi connectivity index (χ2n) is 7.25. The molecule has 1 amide bonds. The Morgan fingerprint density at radius 2 is 1.97 bits per heavy atom. The molecule has 1 atom stereocenters. The number of carboxylic acid groups (broad SMARTS) is 1. The van der Waals surface area contributed by atoms with E-state index >= 15 is 0 Å². The summed E-state index contributed by atoms with van der Waals surface area (Å²) in [6.07, 6.45) is 1.57. The number of nitrogens with two attached hydrogens (primary N) is 1. The summed E-state index contributed by atoms with van der Waals surface area (Å²) in [5, 5.41) is 11.1. The van der Waals surface area contributed by atoms with Crippen molar-refractivity contribution in [2.24, 2.45) is 5.73 Å². The highest BCUT2D eigenvalue weighted by atomic mass is 19.1. The molecule has 0 unspecified atom stereocenters. The molecule has 1 aliphatic heterocycles. The highest BCUT2D eigenvalue weighted by molar-refractivity contribution is 5.92. The number of halogens is 3. The van der Waals surface area contributed by atoms with E-state index in [0.29, 0.717) is 25.6 Å². The molecule has 32 heavy (non-hydrogen) atoms. The minimum Gasteiger partial charge on any atom is -0.477 e. The zero-order chi connectivity index (χ0) is 23.2. The fourth-order valence-corrected chi connectivity index (χ4v) is 3.65. The van der Waals surface area contributed by atoms with Crippen molar-refractivity contribution in [1.29, 1.82) is 0 Å². The Morgan fingerprint density at radius 3 is 2.59 bits per heavy atom. The summed E-state index contributed by atoms with van der Waals surface area (Å²) in [4.78, 5) is 40.7. The Kier molecular flexibility index (Phi) is 5.30. The quantitative estimate of drug-likeness (QED) is 0.507. The van der Waals surface area contributed by atoms with E-state index in [1.165, 1.54) is 0 Å². The first kappa shape index (κ1) is 21.3. The average molecular weight is 447 g/mol. The highest BCUT2D eigenvalue weighted by Gasteiger charge is 2.26. The van der Waals surface area contributed by atoms with Gasteiger partial charge in [-0.25, -0.2) is 22.9 Å². The lowest BCUT2D eigenvalue weighted by Crippen LogP contribution is -2.28. The van der Waals surface area contributed by atoms with Crippen molar-refractivity contribution < 1.29 is 27.9 Å². The van der Waals surface area contributed by atoms with Gasteiger partial charge in [-0.15, -0.1) is 0 Å². The minimum atomic E-state index is -1.63. The second kappa shape index (κ2) is 7.96. The van der Waals surface area contributed by atoms with Crippen LogP contribution in [0.15, 0.2) is 29.2 Å². The maximum Gasteiger partial charge on any atom is 0.341 e. The molecular weight excluding hydrogens is 431 g/mol. The van der Waals surface area contributed by atoms with Gasteiger partial charge in [0.2, 0.25) is 11.8 Å². The number of pyridine rings is 2. The van der Waals surface area contributed by atoms with Crippen molar-refractivity contribution >= 4 is 34.9 Å². The molecule has 0 radical (unpaired) electrons. The molecule has 1 aromatic carbocycles. The lowest BCUT2D eigenvalue weighted by atomic mass is 10.1. The molecule has 1 fully saturated rings. The topological polar surface area (TPSA) is 131 Å². The van der Waals surface area contributed by atoms with Crippen molar-refractivity contribution in [3.63, 3.8) is 0 Å². The van der Waals surface area contributed by atoms with Crippen molar-refractivity contribution in [1.82, 2.24) is 9.55 Å². The van der Waals surface area contributed by atoms with Crippen LogP contribution >= 0.6 is 0 Å². The molecular formula is C20H16F3N5O4. The normalized spacial score (nSPS) is 15.9. The zero-order valence-electron chi connectivity index (χ0n) is 16.3. The molecule has 2 aromatic heterocycles. The fraction of sp³-hybridized carbons (Fsp3) is 0.200. The van der Waals surface area contributed by atoms with Gasteiger partial charge in [-0.2, -0.15) is 0 Å². The van der Waals surface area contributed by atoms with E-state index in [9.17, 15) is 32.7 Å². The smallest absolute Gasteiger partial charge is 0.341 e. The Labute approximate surface area is 177 Å². The third kappa shape index (κ3) is 3.54. The van der Waals surface area contributed by atoms with Gasteiger partial charge in [0, 0.05) is 31.4 Å². The zero-order valence-corrected chi connectivity index (χ0v) is 16.3. The van der Waals surface area contributed by atoms with Crippen LogP contribution in [0.1, 0.15) is 16.8 Å². The predicted molar refractivity (Wildman–Crippen MR) is 109 cm³/mol. The summed E-state index contributed by atoms with van der Waals surface area (Å²) in [5.74, 6) is -4.85. The molecule has 0 aliphatic carbocycles. The monoisotopic (exact) mass is 447 g/mol. The number of aromatic nitrogens is 2. The minimum absolute atomic E-state index is 0.143. The third-order valence-electron chi connectivity index (χ3n) is 5.18. The molecule has 166 valence electrons. The molecule has 1 aliphatic rings. The van der Waals surface area contributed by atoms with Gasteiger partial charge in [-0.1, -0.05) is 0 Å². The third-order valence-corrected chi connectivity index (χ3v) is 5.18. The summed E-state index contributed by atoms with van der Waals surface area (Å²) in [6, 6.07) is 2.01. The van der Waals surface area contributed by atoms with Gasteiger partial charge in [0.25, 0.3) is 0 Å². The van der Waals surface area contributed by atoms with Crippen molar-refractivity contribution in [3.8, 4) is 5.69 Å². The van der Waals surface area contributed by atoms with Gasteiger partial charge in [0.1, 0.15) is 17.2 Å². The number of carboxylic acids is 1. The molecule has 4 N–H and O–H groups in total. The van der Waals surface area contributed by atoms with Gasteiger partial charge in [-0.3, -0.25) is 14.2 Å². The van der Waals surface area contributed by atoms with E-state index in [-0.39, 0.29) is 23.9 Å².